The van der Waals surface area contributed by atoms with Gasteiger partial charge in [-0.25, -0.2) is 4.79 Å². The molecule has 246 valence electrons. The smallest absolute Gasteiger partial charge is 0.410 e. The summed E-state index contributed by atoms with van der Waals surface area (Å²) in [5.41, 5.74) is 3.30. The van der Waals surface area contributed by atoms with Gasteiger partial charge in [-0.1, -0.05) is 42.5 Å². The SMILES string of the molecule is COc1cc(COc2cccc(C3=C(C(=O)NCc4c(OC)ccc5ccccc45)CN(C(=O)OC(C)(C)C)CC3)c2)cc(OC)c1. The standard InChI is InChI=1S/C38H42N2O7/c1-38(2,3)47-37(42)40-17-16-32(27-11-9-12-28(20-27)46-24-25-18-29(43-4)21-30(19-25)44-5)34(23-40)36(41)39-22-33-31-13-8-7-10-26(31)14-15-35(33)45-6/h7-15,18-21H,16-17,22-24H2,1-6H3,(H,39,41). The average molecular weight is 639 g/mol. The van der Waals surface area contributed by atoms with E-state index < -0.39 is 11.7 Å². The van der Waals surface area contributed by atoms with Gasteiger partial charge in [0.15, 0.2) is 0 Å². The van der Waals surface area contributed by atoms with E-state index in [4.69, 9.17) is 23.7 Å². The lowest BCUT2D eigenvalue weighted by atomic mass is 9.92. The third-order valence-corrected chi connectivity index (χ3v) is 7.91. The summed E-state index contributed by atoms with van der Waals surface area (Å²) in [6, 6.07) is 25.2. The number of carbonyl (C=O) groups is 2. The molecule has 1 N–H and O–H groups in total. The first-order chi connectivity index (χ1) is 22.6. The largest absolute Gasteiger partial charge is 0.497 e. The van der Waals surface area contributed by atoms with Crippen molar-refractivity contribution in [3.63, 3.8) is 0 Å². The second-order valence-electron chi connectivity index (χ2n) is 12.3. The van der Waals surface area contributed by atoms with Gasteiger partial charge < -0.3 is 33.9 Å². The molecule has 2 amide bonds. The zero-order valence-electron chi connectivity index (χ0n) is 27.8. The zero-order chi connectivity index (χ0) is 33.6. The summed E-state index contributed by atoms with van der Waals surface area (Å²) in [5.74, 6) is 2.42. The van der Waals surface area contributed by atoms with E-state index in [0.29, 0.717) is 48.1 Å². The minimum absolute atomic E-state index is 0.109. The van der Waals surface area contributed by atoms with Crippen LogP contribution in [0.2, 0.25) is 0 Å². The quantitative estimate of drug-likeness (QED) is 0.197. The maximum absolute atomic E-state index is 14.0. The Hall–Kier alpha value is -5.18. The van der Waals surface area contributed by atoms with Crippen molar-refractivity contribution in [1.29, 1.82) is 0 Å². The number of methoxy groups -OCH3 is 3. The highest BCUT2D eigenvalue weighted by Gasteiger charge is 2.30. The number of carbonyl (C=O) groups excluding carboxylic acids is 2. The number of nitrogens with zero attached hydrogens (tertiary/aromatic N) is 1. The van der Waals surface area contributed by atoms with E-state index in [9.17, 15) is 9.59 Å². The van der Waals surface area contributed by atoms with Crippen molar-refractivity contribution >= 4 is 28.3 Å². The van der Waals surface area contributed by atoms with Gasteiger partial charge in [-0.3, -0.25) is 4.79 Å². The second kappa shape index (κ2) is 14.5. The first kappa shape index (κ1) is 33.2. The van der Waals surface area contributed by atoms with Crippen LogP contribution in [0.15, 0.2) is 84.4 Å². The number of rotatable bonds is 10. The average Bonchev–Trinajstić information content (AvgIpc) is 3.08. The van der Waals surface area contributed by atoms with Crippen molar-refractivity contribution < 1.29 is 33.3 Å². The number of hydrogen-bond donors (Lipinski definition) is 1. The van der Waals surface area contributed by atoms with Crippen LogP contribution in [-0.2, 0) is 22.7 Å². The third kappa shape index (κ3) is 8.16. The zero-order valence-corrected chi connectivity index (χ0v) is 27.8. The molecular formula is C38H42N2O7. The van der Waals surface area contributed by atoms with Crippen LogP contribution >= 0.6 is 0 Å². The minimum Gasteiger partial charge on any atom is -0.497 e. The van der Waals surface area contributed by atoms with Crippen molar-refractivity contribution in [2.75, 3.05) is 34.4 Å². The Morgan fingerprint density at radius 3 is 2.28 bits per heavy atom. The first-order valence-electron chi connectivity index (χ1n) is 15.6. The summed E-state index contributed by atoms with van der Waals surface area (Å²) in [6.45, 7) is 6.55. The fourth-order valence-electron chi connectivity index (χ4n) is 5.63. The normalized spacial score (nSPS) is 13.3. The molecule has 0 aromatic heterocycles. The van der Waals surface area contributed by atoms with Crippen molar-refractivity contribution in [2.45, 2.75) is 45.9 Å². The van der Waals surface area contributed by atoms with Gasteiger partial charge in [0.05, 0.1) is 27.9 Å². The van der Waals surface area contributed by atoms with E-state index in [2.05, 4.69) is 5.32 Å². The predicted molar refractivity (Wildman–Crippen MR) is 182 cm³/mol. The molecule has 5 rings (SSSR count). The van der Waals surface area contributed by atoms with Crippen molar-refractivity contribution in [3.8, 4) is 23.0 Å². The molecule has 0 bridgehead atoms. The maximum atomic E-state index is 14.0. The van der Waals surface area contributed by atoms with Crippen LogP contribution in [0, 0.1) is 0 Å². The molecule has 9 heteroatoms. The van der Waals surface area contributed by atoms with E-state index in [1.54, 1.807) is 26.2 Å². The highest BCUT2D eigenvalue weighted by Crippen LogP contribution is 2.32. The van der Waals surface area contributed by atoms with E-state index in [1.807, 2.05) is 99.6 Å². The third-order valence-electron chi connectivity index (χ3n) is 7.91. The van der Waals surface area contributed by atoms with Crippen LogP contribution in [0.25, 0.3) is 16.3 Å². The van der Waals surface area contributed by atoms with Crippen molar-refractivity contribution in [1.82, 2.24) is 10.2 Å². The molecule has 0 saturated carbocycles. The van der Waals surface area contributed by atoms with Gasteiger partial charge in [-0.2, -0.15) is 0 Å². The summed E-state index contributed by atoms with van der Waals surface area (Å²) in [4.78, 5) is 28.7. The van der Waals surface area contributed by atoms with Gasteiger partial charge >= 0.3 is 6.09 Å². The first-order valence-corrected chi connectivity index (χ1v) is 15.6. The highest BCUT2D eigenvalue weighted by atomic mass is 16.6. The Labute approximate surface area is 276 Å². The molecule has 1 heterocycles. The van der Waals surface area contributed by atoms with Crippen LogP contribution in [0.4, 0.5) is 4.79 Å². The Morgan fingerprint density at radius 1 is 0.830 bits per heavy atom. The number of hydrogen-bond acceptors (Lipinski definition) is 7. The van der Waals surface area contributed by atoms with E-state index >= 15 is 0 Å². The lowest BCUT2D eigenvalue weighted by Crippen LogP contribution is -2.43. The summed E-state index contributed by atoms with van der Waals surface area (Å²) >= 11 is 0. The Balaban J connectivity index is 1.43. The number of fused-ring (bicyclic) bond motifs is 1. The van der Waals surface area contributed by atoms with Crippen LogP contribution in [0.1, 0.15) is 43.9 Å². The number of nitrogens with one attached hydrogen (secondary N) is 1. The molecule has 0 spiro atoms. The fraction of sp³-hybridized carbons (Fsp3) is 0.316. The fourth-order valence-corrected chi connectivity index (χ4v) is 5.63. The molecule has 0 aliphatic carbocycles. The number of ether oxygens (including phenoxy) is 5. The molecule has 9 nitrogen and oxygen atoms in total. The molecule has 1 aliphatic heterocycles. The van der Waals surface area contributed by atoms with Crippen molar-refractivity contribution in [2.24, 2.45) is 0 Å². The highest BCUT2D eigenvalue weighted by molar-refractivity contribution is 6.03. The maximum Gasteiger partial charge on any atom is 0.410 e. The molecule has 1 aliphatic rings. The summed E-state index contributed by atoms with van der Waals surface area (Å²) in [7, 11) is 4.84. The summed E-state index contributed by atoms with van der Waals surface area (Å²) in [6.07, 6.45) is 0.0132. The molecule has 0 unspecified atom stereocenters. The van der Waals surface area contributed by atoms with Crippen molar-refractivity contribution in [3.05, 3.63) is 101 Å². The Kier molecular flexibility index (Phi) is 10.2. The van der Waals surface area contributed by atoms with Gasteiger partial charge in [0.25, 0.3) is 0 Å². The van der Waals surface area contributed by atoms with Gasteiger partial charge in [-0.05, 0) is 85.0 Å². The molecule has 4 aromatic rings. The van der Waals surface area contributed by atoms with Gasteiger partial charge in [0.2, 0.25) is 5.91 Å². The molecule has 0 fully saturated rings. The molecular weight excluding hydrogens is 596 g/mol. The Morgan fingerprint density at radius 2 is 1.57 bits per heavy atom. The molecule has 0 atom stereocenters. The predicted octanol–water partition coefficient (Wildman–Crippen LogP) is 7.16. The lowest BCUT2D eigenvalue weighted by molar-refractivity contribution is -0.117. The monoisotopic (exact) mass is 638 g/mol. The molecule has 47 heavy (non-hydrogen) atoms. The second-order valence-corrected chi connectivity index (χ2v) is 12.3. The Bertz CT molecular complexity index is 1770. The van der Waals surface area contributed by atoms with Gasteiger partial charge in [0.1, 0.15) is 35.2 Å². The van der Waals surface area contributed by atoms with Crippen LogP contribution in [0.3, 0.4) is 0 Å². The van der Waals surface area contributed by atoms with E-state index in [1.165, 1.54) is 0 Å². The van der Waals surface area contributed by atoms with Crippen LogP contribution < -0.4 is 24.3 Å². The van der Waals surface area contributed by atoms with Gasteiger partial charge in [-0.15, -0.1) is 0 Å². The summed E-state index contributed by atoms with van der Waals surface area (Å²) < 4.78 is 28.3. The minimum atomic E-state index is -0.660. The number of amides is 2. The van der Waals surface area contributed by atoms with Crippen LogP contribution in [0.5, 0.6) is 23.0 Å². The molecule has 0 saturated heterocycles. The number of benzene rings is 4. The lowest BCUT2D eigenvalue weighted by Gasteiger charge is -2.32. The van der Waals surface area contributed by atoms with E-state index in [0.717, 1.165) is 33.0 Å². The van der Waals surface area contributed by atoms with Gasteiger partial charge in [0, 0.05) is 30.3 Å². The molecule has 4 aromatic carbocycles. The van der Waals surface area contributed by atoms with Crippen LogP contribution in [-0.4, -0.2) is 56.9 Å². The van der Waals surface area contributed by atoms with E-state index in [-0.39, 0.29) is 19.0 Å². The summed E-state index contributed by atoms with van der Waals surface area (Å²) in [5, 5.41) is 5.17. The molecule has 0 radical (unpaired) electrons. The topological polar surface area (TPSA) is 95.6 Å².